The summed E-state index contributed by atoms with van der Waals surface area (Å²) in [4.78, 5) is 13.7. The second kappa shape index (κ2) is 7.96. The Labute approximate surface area is 97.3 Å². The lowest BCUT2D eigenvalue weighted by Crippen LogP contribution is -2.40. The molecule has 0 aliphatic rings. The zero-order valence-corrected chi connectivity index (χ0v) is 10.4. The Hall–Kier alpha value is -1.26. The molecule has 1 atom stereocenters. The van der Waals surface area contributed by atoms with Gasteiger partial charge in [0.1, 0.15) is 5.84 Å². The number of hydrogen-bond acceptors (Lipinski definition) is 3. The molecule has 16 heavy (non-hydrogen) atoms. The van der Waals surface area contributed by atoms with E-state index in [1.807, 2.05) is 18.7 Å². The maximum atomic E-state index is 11.9. The second-order valence-corrected chi connectivity index (χ2v) is 3.97. The van der Waals surface area contributed by atoms with Gasteiger partial charge in [0.15, 0.2) is 0 Å². The summed E-state index contributed by atoms with van der Waals surface area (Å²) in [5.41, 5.74) is 5.33. The average molecular weight is 229 g/mol. The van der Waals surface area contributed by atoms with Gasteiger partial charge in [0.05, 0.1) is 6.42 Å². The van der Waals surface area contributed by atoms with Gasteiger partial charge in [-0.2, -0.15) is 0 Å². The van der Waals surface area contributed by atoms with Crippen LogP contribution < -0.4 is 5.73 Å². The van der Waals surface area contributed by atoms with Crippen LogP contribution in [0.1, 0.15) is 46.5 Å². The van der Waals surface area contributed by atoms with Crippen molar-refractivity contribution in [3.8, 4) is 0 Å². The molecule has 0 aromatic carbocycles. The van der Waals surface area contributed by atoms with E-state index in [0.717, 1.165) is 25.8 Å². The second-order valence-electron chi connectivity index (χ2n) is 3.97. The highest BCUT2D eigenvalue weighted by atomic mass is 16.4. The molecular weight excluding hydrogens is 206 g/mol. The predicted octanol–water partition coefficient (Wildman–Crippen LogP) is 1.55. The van der Waals surface area contributed by atoms with Gasteiger partial charge in [-0.1, -0.05) is 25.4 Å². The van der Waals surface area contributed by atoms with Gasteiger partial charge in [0.25, 0.3) is 0 Å². The van der Waals surface area contributed by atoms with Crippen molar-refractivity contribution >= 4 is 11.7 Å². The fourth-order valence-electron chi connectivity index (χ4n) is 1.43. The molecule has 0 aromatic heterocycles. The molecule has 0 fully saturated rings. The van der Waals surface area contributed by atoms with Crippen LogP contribution in [0.25, 0.3) is 0 Å². The van der Waals surface area contributed by atoms with Crippen LogP contribution in [-0.4, -0.2) is 34.4 Å². The SMILES string of the molecule is CCCCN(C(=O)CC(N)=NO)C(C)CC. The Kier molecular flexibility index (Phi) is 7.33. The molecule has 0 aromatic rings. The Morgan fingerprint density at radius 3 is 2.56 bits per heavy atom. The molecule has 94 valence electrons. The Balaban J connectivity index is 4.43. The Bertz CT molecular complexity index is 241. The topological polar surface area (TPSA) is 78.9 Å². The zero-order chi connectivity index (χ0) is 12.6. The number of rotatable bonds is 7. The van der Waals surface area contributed by atoms with Crippen molar-refractivity contribution in [3.05, 3.63) is 0 Å². The van der Waals surface area contributed by atoms with Crippen molar-refractivity contribution in [3.63, 3.8) is 0 Å². The van der Waals surface area contributed by atoms with Crippen LogP contribution in [0.4, 0.5) is 0 Å². The fraction of sp³-hybridized carbons (Fsp3) is 0.818. The lowest BCUT2D eigenvalue weighted by Gasteiger charge is -2.28. The van der Waals surface area contributed by atoms with Crippen molar-refractivity contribution < 1.29 is 10.0 Å². The maximum Gasteiger partial charge on any atom is 0.230 e. The first-order valence-corrected chi connectivity index (χ1v) is 5.82. The Morgan fingerprint density at radius 1 is 1.50 bits per heavy atom. The third-order valence-electron chi connectivity index (χ3n) is 2.66. The summed E-state index contributed by atoms with van der Waals surface area (Å²) in [6, 6.07) is 0.200. The molecule has 0 rings (SSSR count). The molecule has 0 radical (unpaired) electrons. The highest BCUT2D eigenvalue weighted by Gasteiger charge is 2.19. The minimum absolute atomic E-state index is 0.00937. The summed E-state index contributed by atoms with van der Waals surface area (Å²) >= 11 is 0. The molecule has 0 saturated carbocycles. The van der Waals surface area contributed by atoms with Gasteiger partial charge in [0, 0.05) is 12.6 Å². The summed E-state index contributed by atoms with van der Waals surface area (Å²) in [6.45, 7) is 6.88. The van der Waals surface area contributed by atoms with Gasteiger partial charge in [-0.05, 0) is 19.8 Å². The summed E-state index contributed by atoms with van der Waals surface area (Å²) in [5.74, 6) is -0.104. The van der Waals surface area contributed by atoms with Crippen LogP contribution in [0.2, 0.25) is 0 Å². The third-order valence-corrected chi connectivity index (χ3v) is 2.66. The van der Waals surface area contributed by atoms with Crippen molar-refractivity contribution in [1.29, 1.82) is 0 Å². The first-order chi connectivity index (χ1) is 7.56. The van der Waals surface area contributed by atoms with E-state index in [1.165, 1.54) is 0 Å². The van der Waals surface area contributed by atoms with Crippen LogP contribution in [0, 0.1) is 0 Å². The first-order valence-electron chi connectivity index (χ1n) is 5.82. The molecule has 1 amide bonds. The summed E-state index contributed by atoms with van der Waals surface area (Å²) in [6.07, 6.45) is 2.92. The minimum atomic E-state index is -0.0712. The third kappa shape index (κ3) is 5.00. The quantitative estimate of drug-likeness (QED) is 0.301. The highest BCUT2D eigenvalue weighted by molar-refractivity contribution is 5.98. The van der Waals surface area contributed by atoms with E-state index in [-0.39, 0.29) is 24.2 Å². The molecule has 0 aliphatic carbocycles. The normalized spacial score (nSPS) is 13.6. The maximum absolute atomic E-state index is 11.9. The number of hydrogen-bond donors (Lipinski definition) is 2. The smallest absolute Gasteiger partial charge is 0.230 e. The zero-order valence-electron chi connectivity index (χ0n) is 10.4. The van der Waals surface area contributed by atoms with Crippen LogP contribution in [0.15, 0.2) is 5.16 Å². The highest BCUT2D eigenvalue weighted by Crippen LogP contribution is 2.08. The lowest BCUT2D eigenvalue weighted by molar-refractivity contribution is -0.132. The number of amidine groups is 1. The molecule has 1 unspecified atom stereocenters. The number of unbranched alkanes of at least 4 members (excludes halogenated alkanes) is 1. The van der Waals surface area contributed by atoms with Gasteiger partial charge >= 0.3 is 0 Å². The van der Waals surface area contributed by atoms with Gasteiger partial charge in [-0.3, -0.25) is 4.79 Å². The average Bonchev–Trinajstić information content (AvgIpc) is 2.28. The molecule has 0 saturated heterocycles. The number of carbonyl (C=O) groups excluding carboxylic acids is 1. The molecule has 5 nitrogen and oxygen atoms in total. The van der Waals surface area contributed by atoms with Crippen molar-refractivity contribution in [2.75, 3.05) is 6.54 Å². The summed E-state index contributed by atoms with van der Waals surface area (Å²) in [5, 5.41) is 11.3. The molecule has 0 aliphatic heterocycles. The van der Waals surface area contributed by atoms with Crippen LogP contribution in [-0.2, 0) is 4.79 Å². The molecule has 0 bridgehead atoms. The number of amides is 1. The lowest BCUT2D eigenvalue weighted by atomic mass is 10.1. The van der Waals surface area contributed by atoms with Crippen LogP contribution >= 0.6 is 0 Å². The minimum Gasteiger partial charge on any atom is -0.409 e. The molecule has 0 spiro atoms. The van der Waals surface area contributed by atoms with Crippen LogP contribution in [0.3, 0.4) is 0 Å². The van der Waals surface area contributed by atoms with E-state index in [2.05, 4.69) is 12.1 Å². The number of nitrogens with two attached hydrogens (primary N) is 1. The molecule has 5 heteroatoms. The number of carbonyl (C=O) groups is 1. The van der Waals surface area contributed by atoms with E-state index < -0.39 is 0 Å². The van der Waals surface area contributed by atoms with E-state index in [0.29, 0.717) is 0 Å². The van der Waals surface area contributed by atoms with Crippen LogP contribution in [0.5, 0.6) is 0 Å². The fourth-order valence-corrected chi connectivity index (χ4v) is 1.43. The molecule has 0 heterocycles. The summed E-state index contributed by atoms with van der Waals surface area (Å²) in [7, 11) is 0. The Morgan fingerprint density at radius 2 is 2.12 bits per heavy atom. The first kappa shape index (κ1) is 14.7. The van der Waals surface area contributed by atoms with E-state index in [9.17, 15) is 4.79 Å². The molecule has 3 N–H and O–H groups in total. The molecular formula is C11H23N3O2. The van der Waals surface area contributed by atoms with E-state index in [1.54, 1.807) is 0 Å². The predicted molar refractivity (Wildman–Crippen MR) is 64.4 cm³/mol. The number of nitrogens with zero attached hydrogens (tertiary/aromatic N) is 2. The number of oxime groups is 1. The summed E-state index contributed by atoms with van der Waals surface area (Å²) < 4.78 is 0. The van der Waals surface area contributed by atoms with E-state index in [4.69, 9.17) is 10.9 Å². The largest absolute Gasteiger partial charge is 0.409 e. The van der Waals surface area contributed by atoms with Crippen molar-refractivity contribution in [2.45, 2.75) is 52.5 Å². The van der Waals surface area contributed by atoms with Crippen molar-refractivity contribution in [1.82, 2.24) is 4.90 Å². The van der Waals surface area contributed by atoms with Gasteiger partial charge < -0.3 is 15.8 Å². The van der Waals surface area contributed by atoms with Crippen molar-refractivity contribution in [2.24, 2.45) is 10.9 Å². The van der Waals surface area contributed by atoms with E-state index >= 15 is 0 Å². The van der Waals surface area contributed by atoms with Gasteiger partial charge in [-0.25, -0.2) is 0 Å². The monoisotopic (exact) mass is 229 g/mol. The van der Waals surface area contributed by atoms with Gasteiger partial charge in [0.2, 0.25) is 5.91 Å². The van der Waals surface area contributed by atoms with Gasteiger partial charge in [-0.15, -0.1) is 0 Å². The standard InChI is InChI=1S/C11H23N3O2/c1-4-6-7-14(9(3)5-2)11(15)8-10(12)13-16/h9,16H,4-8H2,1-3H3,(H2,12,13).